The van der Waals surface area contributed by atoms with Gasteiger partial charge in [-0.15, -0.1) is 0 Å². The average molecular weight is 287 g/mol. The first-order chi connectivity index (χ1) is 10.2. The van der Waals surface area contributed by atoms with Crippen molar-refractivity contribution in [1.29, 1.82) is 0 Å². The number of hydrogen-bond acceptors (Lipinski definition) is 3. The predicted molar refractivity (Wildman–Crippen MR) is 83.2 cm³/mol. The summed E-state index contributed by atoms with van der Waals surface area (Å²) in [7, 11) is 2.21. The zero-order valence-corrected chi connectivity index (χ0v) is 13.0. The van der Waals surface area contributed by atoms with E-state index >= 15 is 0 Å². The lowest BCUT2D eigenvalue weighted by Crippen LogP contribution is -2.43. The van der Waals surface area contributed by atoms with Gasteiger partial charge in [-0.2, -0.15) is 0 Å². The van der Waals surface area contributed by atoms with Crippen LogP contribution in [0.4, 0.5) is 0 Å². The van der Waals surface area contributed by atoms with Gasteiger partial charge in [0.2, 0.25) is 0 Å². The molecule has 2 saturated heterocycles. The van der Waals surface area contributed by atoms with Crippen LogP contribution in [0.2, 0.25) is 0 Å². The van der Waals surface area contributed by atoms with E-state index in [1.54, 1.807) is 0 Å². The average Bonchev–Trinajstić information content (AvgIpc) is 2.72. The summed E-state index contributed by atoms with van der Waals surface area (Å²) in [5, 5.41) is 0. The summed E-state index contributed by atoms with van der Waals surface area (Å²) < 4.78 is 5.86. The van der Waals surface area contributed by atoms with E-state index in [0.29, 0.717) is 12.1 Å². The van der Waals surface area contributed by atoms with Crippen LogP contribution in [0.3, 0.4) is 0 Å². The van der Waals surface area contributed by atoms with Gasteiger partial charge in [0, 0.05) is 12.1 Å². The molecule has 0 spiro atoms. The maximum absolute atomic E-state index is 12.5. The van der Waals surface area contributed by atoms with E-state index < -0.39 is 0 Å². The van der Waals surface area contributed by atoms with Crippen molar-refractivity contribution in [3.63, 3.8) is 0 Å². The van der Waals surface area contributed by atoms with Crippen molar-refractivity contribution in [3.8, 4) is 0 Å². The molecular weight excluding hydrogens is 262 g/mol. The van der Waals surface area contributed by atoms with Crippen LogP contribution >= 0.6 is 0 Å². The number of carbonyl (C=O) groups is 1. The molecule has 2 aliphatic heterocycles. The number of nitrogens with zero attached hydrogens (tertiary/aromatic N) is 1. The molecular formula is C18H25NO2. The molecule has 0 radical (unpaired) electrons. The maximum atomic E-state index is 12.5. The smallest absolute Gasteiger partial charge is 0.313 e. The fourth-order valence-electron chi connectivity index (χ4n) is 3.93. The third kappa shape index (κ3) is 2.98. The number of fused-ring (bicyclic) bond motifs is 2. The molecule has 3 heteroatoms. The van der Waals surface area contributed by atoms with Crippen molar-refractivity contribution in [1.82, 2.24) is 4.90 Å². The molecule has 2 heterocycles. The van der Waals surface area contributed by atoms with Crippen LogP contribution in [0.15, 0.2) is 30.3 Å². The van der Waals surface area contributed by atoms with Gasteiger partial charge in [-0.05, 0) is 44.7 Å². The van der Waals surface area contributed by atoms with Crippen LogP contribution in [0.5, 0.6) is 0 Å². The van der Waals surface area contributed by atoms with Gasteiger partial charge in [0.05, 0.1) is 5.92 Å². The van der Waals surface area contributed by atoms with Crippen LogP contribution < -0.4 is 0 Å². The molecule has 21 heavy (non-hydrogen) atoms. The zero-order valence-electron chi connectivity index (χ0n) is 13.0. The summed E-state index contributed by atoms with van der Waals surface area (Å²) in [6.07, 6.45) is 5.43. The molecule has 114 valence electrons. The molecule has 0 N–H and O–H groups in total. The number of hydrogen-bond donors (Lipinski definition) is 0. The van der Waals surface area contributed by atoms with Gasteiger partial charge in [-0.3, -0.25) is 4.79 Å². The van der Waals surface area contributed by atoms with Crippen molar-refractivity contribution in [2.75, 3.05) is 7.05 Å². The van der Waals surface area contributed by atoms with Crippen molar-refractivity contribution >= 4 is 5.97 Å². The highest BCUT2D eigenvalue weighted by Crippen LogP contribution is 2.36. The minimum atomic E-state index is -0.122. The predicted octanol–water partition coefficient (Wildman–Crippen LogP) is 3.35. The first kappa shape index (κ1) is 14.6. The SMILES string of the molecule is CCC(C(=O)OC1C[C@H]2CC[C@@H](C1)N2C)c1ccccc1. The fraction of sp³-hybridized carbons (Fsp3) is 0.611. The summed E-state index contributed by atoms with van der Waals surface area (Å²) in [4.78, 5) is 15.0. The second-order valence-electron chi connectivity index (χ2n) is 6.45. The molecule has 4 atom stereocenters. The van der Waals surface area contributed by atoms with Gasteiger partial charge in [-0.25, -0.2) is 0 Å². The van der Waals surface area contributed by atoms with E-state index in [0.717, 1.165) is 24.8 Å². The first-order valence-corrected chi connectivity index (χ1v) is 8.16. The number of carbonyl (C=O) groups excluding carboxylic acids is 1. The minimum Gasteiger partial charge on any atom is -0.462 e. The Morgan fingerprint density at radius 3 is 2.43 bits per heavy atom. The molecule has 0 aromatic heterocycles. The molecule has 0 saturated carbocycles. The third-order valence-corrected chi connectivity index (χ3v) is 5.23. The Morgan fingerprint density at radius 2 is 1.86 bits per heavy atom. The number of rotatable bonds is 4. The molecule has 0 amide bonds. The second kappa shape index (κ2) is 6.18. The number of benzene rings is 1. The van der Waals surface area contributed by atoms with Gasteiger partial charge in [-0.1, -0.05) is 37.3 Å². The monoisotopic (exact) mass is 287 g/mol. The zero-order chi connectivity index (χ0) is 14.8. The maximum Gasteiger partial charge on any atom is 0.313 e. The molecule has 1 aromatic rings. The lowest BCUT2D eigenvalue weighted by atomic mass is 9.96. The first-order valence-electron chi connectivity index (χ1n) is 8.16. The summed E-state index contributed by atoms with van der Waals surface area (Å²) in [6.45, 7) is 2.05. The normalized spacial score (nSPS) is 30.1. The Hall–Kier alpha value is -1.35. The van der Waals surface area contributed by atoms with Gasteiger partial charge >= 0.3 is 5.97 Å². The van der Waals surface area contributed by atoms with Gasteiger partial charge in [0.15, 0.2) is 0 Å². The Labute approximate surface area is 127 Å². The largest absolute Gasteiger partial charge is 0.462 e. The van der Waals surface area contributed by atoms with E-state index in [4.69, 9.17) is 4.74 Å². The second-order valence-corrected chi connectivity index (χ2v) is 6.45. The molecule has 2 unspecified atom stereocenters. The highest BCUT2D eigenvalue weighted by molar-refractivity contribution is 5.78. The topological polar surface area (TPSA) is 29.5 Å². The highest BCUT2D eigenvalue weighted by atomic mass is 16.5. The molecule has 3 nitrogen and oxygen atoms in total. The van der Waals surface area contributed by atoms with Crippen LogP contribution in [0.25, 0.3) is 0 Å². The molecule has 1 aromatic carbocycles. The number of esters is 1. The Morgan fingerprint density at radius 1 is 1.24 bits per heavy atom. The fourth-order valence-corrected chi connectivity index (χ4v) is 3.93. The molecule has 3 rings (SSSR count). The Balaban J connectivity index is 1.63. The third-order valence-electron chi connectivity index (χ3n) is 5.23. The van der Waals surface area contributed by atoms with Gasteiger partial charge in [0.25, 0.3) is 0 Å². The number of piperidine rings is 1. The highest BCUT2D eigenvalue weighted by Gasteiger charge is 2.40. The molecule has 2 fully saturated rings. The van der Waals surface area contributed by atoms with E-state index in [-0.39, 0.29) is 18.0 Å². The van der Waals surface area contributed by atoms with Crippen molar-refractivity contribution in [2.24, 2.45) is 0 Å². The van der Waals surface area contributed by atoms with E-state index in [1.807, 2.05) is 30.3 Å². The summed E-state index contributed by atoms with van der Waals surface area (Å²) in [6, 6.07) is 11.2. The lowest BCUT2D eigenvalue weighted by Gasteiger charge is -2.36. The van der Waals surface area contributed by atoms with E-state index in [2.05, 4.69) is 18.9 Å². The standard InChI is InChI=1S/C18H25NO2/c1-3-17(13-7-5-4-6-8-13)18(20)21-16-11-14-9-10-15(12-16)19(14)2/h4-8,14-17H,3,9-12H2,1-2H3/t14-,15+,16?,17?. The van der Waals surface area contributed by atoms with Crippen LogP contribution in [0.1, 0.15) is 50.5 Å². The van der Waals surface area contributed by atoms with Crippen molar-refractivity contribution in [2.45, 2.75) is 63.1 Å². The summed E-state index contributed by atoms with van der Waals surface area (Å²) in [5.41, 5.74) is 1.07. The van der Waals surface area contributed by atoms with Crippen LogP contribution in [0, 0.1) is 0 Å². The minimum absolute atomic E-state index is 0.0438. The van der Waals surface area contributed by atoms with Crippen molar-refractivity contribution in [3.05, 3.63) is 35.9 Å². The van der Waals surface area contributed by atoms with Gasteiger partial charge in [0.1, 0.15) is 6.10 Å². The molecule has 0 aliphatic carbocycles. The van der Waals surface area contributed by atoms with Crippen LogP contribution in [-0.2, 0) is 9.53 Å². The van der Waals surface area contributed by atoms with Gasteiger partial charge < -0.3 is 9.64 Å². The summed E-state index contributed by atoms with van der Waals surface area (Å²) >= 11 is 0. The quantitative estimate of drug-likeness (QED) is 0.795. The Kier molecular flexibility index (Phi) is 4.29. The van der Waals surface area contributed by atoms with E-state index in [1.165, 1.54) is 12.8 Å². The molecule has 2 aliphatic rings. The lowest BCUT2D eigenvalue weighted by molar-refractivity contribution is -0.154. The molecule has 2 bridgehead atoms. The summed E-state index contributed by atoms with van der Waals surface area (Å²) in [5.74, 6) is -0.166. The van der Waals surface area contributed by atoms with E-state index in [9.17, 15) is 4.79 Å². The van der Waals surface area contributed by atoms with Crippen LogP contribution in [-0.4, -0.2) is 36.1 Å². The Bertz CT molecular complexity index is 473. The van der Waals surface area contributed by atoms with Crippen molar-refractivity contribution < 1.29 is 9.53 Å². The number of ether oxygens (including phenoxy) is 1.